The van der Waals surface area contributed by atoms with Gasteiger partial charge in [-0.2, -0.15) is 0 Å². The Bertz CT molecular complexity index is 936. The number of aromatic nitrogens is 1. The van der Waals surface area contributed by atoms with Gasteiger partial charge >= 0.3 is 0 Å². The van der Waals surface area contributed by atoms with Crippen molar-refractivity contribution >= 4 is 44.2 Å². The largest absolute Gasteiger partial charge is 0.380 e. The van der Waals surface area contributed by atoms with Gasteiger partial charge in [-0.05, 0) is 35.9 Å². The van der Waals surface area contributed by atoms with Crippen LogP contribution in [0.5, 0.6) is 0 Å². The van der Waals surface area contributed by atoms with Crippen LogP contribution in [0, 0.1) is 0 Å². The maximum Gasteiger partial charge on any atom is 0.257 e. The number of hydrogen-bond acceptors (Lipinski definition) is 5. The van der Waals surface area contributed by atoms with Gasteiger partial charge in [0.1, 0.15) is 0 Å². The summed E-state index contributed by atoms with van der Waals surface area (Å²) < 4.78 is 5.97. The number of anilines is 2. The van der Waals surface area contributed by atoms with Gasteiger partial charge in [-0.15, -0.1) is 0 Å². The molecular formula is C18H17N3O3S. The lowest BCUT2D eigenvalue weighted by molar-refractivity contribution is -0.114. The highest BCUT2D eigenvalue weighted by Crippen LogP contribution is 2.28. The minimum atomic E-state index is -0.223. The topological polar surface area (TPSA) is 80.3 Å². The normalized spacial score (nSPS) is 10.6. The van der Waals surface area contributed by atoms with Crippen LogP contribution in [0.1, 0.15) is 22.8 Å². The van der Waals surface area contributed by atoms with E-state index >= 15 is 0 Å². The second-order valence-electron chi connectivity index (χ2n) is 5.47. The molecule has 3 aromatic rings. The lowest BCUT2D eigenvalue weighted by Crippen LogP contribution is -2.11. The van der Waals surface area contributed by atoms with E-state index in [4.69, 9.17) is 4.74 Å². The lowest BCUT2D eigenvalue weighted by atomic mass is 10.1. The maximum absolute atomic E-state index is 12.4. The van der Waals surface area contributed by atoms with Crippen molar-refractivity contribution in [1.82, 2.24) is 4.98 Å². The first-order chi connectivity index (χ1) is 12.0. The zero-order valence-corrected chi connectivity index (χ0v) is 14.6. The van der Waals surface area contributed by atoms with Crippen LogP contribution in [0.15, 0.2) is 42.5 Å². The molecular weight excluding hydrogens is 338 g/mol. The van der Waals surface area contributed by atoms with E-state index in [9.17, 15) is 9.59 Å². The van der Waals surface area contributed by atoms with E-state index < -0.39 is 0 Å². The zero-order valence-electron chi connectivity index (χ0n) is 13.8. The second-order valence-corrected chi connectivity index (χ2v) is 6.50. The summed E-state index contributed by atoms with van der Waals surface area (Å²) in [5.74, 6) is -0.354. The van der Waals surface area contributed by atoms with Crippen molar-refractivity contribution in [2.24, 2.45) is 0 Å². The SMILES string of the molecule is COCc1cccc(C(=O)Nc2nc3ccc(NC(C)=O)cc3s2)c1. The van der Waals surface area contributed by atoms with Crippen molar-refractivity contribution in [3.63, 3.8) is 0 Å². The molecule has 0 fully saturated rings. The van der Waals surface area contributed by atoms with Gasteiger partial charge in [0.15, 0.2) is 5.13 Å². The highest BCUT2D eigenvalue weighted by Gasteiger charge is 2.11. The molecule has 0 unspecified atom stereocenters. The number of rotatable bonds is 5. The first kappa shape index (κ1) is 17.1. The summed E-state index contributed by atoms with van der Waals surface area (Å²) in [5, 5.41) is 6.06. The molecule has 2 aromatic carbocycles. The number of nitrogens with zero attached hydrogens (tertiary/aromatic N) is 1. The second kappa shape index (κ2) is 7.42. The van der Waals surface area contributed by atoms with Crippen molar-refractivity contribution in [3.05, 3.63) is 53.6 Å². The molecule has 7 heteroatoms. The van der Waals surface area contributed by atoms with E-state index in [1.807, 2.05) is 24.3 Å². The molecule has 0 aliphatic heterocycles. The summed E-state index contributed by atoms with van der Waals surface area (Å²) in [6.07, 6.45) is 0. The Morgan fingerprint density at radius 3 is 2.76 bits per heavy atom. The fourth-order valence-corrected chi connectivity index (χ4v) is 3.30. The molecule has 0 aliphatic carbocycles. The highest BCUT2D eigenvalue weighted by molar-refractivity contribution is 7.22. The molecule has 0 atom stereocenters. The van der Waals surface area contributed by atoms with Gasteiger partial charge in [0.25, 0.3) is 5.91 Å². The van der Waals surface area contributed by atoms with Gasteiger partial charge in [-0.3, -0.25) is 14.9 Å². The van der Waals surface area contributed by atoms with Gasteiger partial charge < -0.3 is 10.1 Å². The minimum absolute atomic E-state index is 0.131. The number of nitrogens with one attached hydrogen (secondary N) is 2. The Kier molecular flexibility index (Phi) is 5.06. The number of fused-ring (bicyclic) bond motifs is 1. The van der Waals surface area contributed by atoms with Crippen molar-refractivity contribution in [3.8, 4) is 0 Å². The van der Waals surface area contributed by atoms with Gasteiger partial charge in [-0.1, -0.05) is 23.5 Å². The summed E-state index contributed by atoms with van der Waals surface area (Å²) in [6, 6.07) is 12.7. The van der Waals surface area contributed by atoms with Crippen molar-refractivity contribution in [1.29, 1.82) is 0 Å². The van der Waals surface area contributed by atoms with E-state index in [0.717, 1.165) is 15.8 Å². The lowest BCUT2D eigenvalue weighted by Gasteiger charge is -2.04. The molecule has 0 aliphatic rings. The fraction of sp³-hybridized carbons (Fsp3) is 0.167. The predicted octanol–water partition coefficient (Wildman–Crippen LogP) is 3.65. The number of methoxy groups -OCH3 is 1. The number of benzene rings is 2. The zero-order chi connectivity index (χ0) is 17.8. The van der Waals surface area contributed by atoms with Gasteiger partial charge in [0.05, 0.1) is 16.8 Å². The number of thiazole rings is 1. The first-order valence-corrected chi connectivity index (χ1v) is 8.44. The van der Waals surface area contributed by atoms with Crippen LogP contribution in [0.3, 0.4) is 0 Å². The molecule has 0 bridgehead atoms. The Balaban J connectivity index is 1.79. The molecule has 0 saturated heterocycles. The van der Waals surface area contributed by atoms with Gasteiger partial charge in [0.2, 0.25) is 5.91 Å². The summed E-state index contributed by atoms with van der Waals surface area (Å²) in [5.41, 5.74) is 2.95. The third-order valence-electron chi connectivity index (χ3n) is 3.43. The van der Waals surface area contributed by atoms with Crippen LogP contribution < -0.4 is 10.6 Å². The third kappa shape index (κ3) is 4.20. The minimum Gasteiger partial charge on any atom is -0.380 e. The number of ether oxygens (including phenoxy) is 1. The van der Waals surface area contributed by atoms with Crippen LogP contribution in [0.4, 0.5) is 10.8 Å². The van der Waals surface area contributed by atoms with Crippen LogP contribution in [0.2, 0.25) is 0 Å². The van der Waals surface area contributed by atoms with Crippen LogP contribution in [0.25, 0.3) is 10.2 Å². The van der Waals surface area contributed by atoms with E-state index in [1.54, 1.807) is 25.3 Å². The standard InChI is InChI=1S/C18H17N3O3S/c1-11(22)19-14-6-7-15-16(9-14)25-18(20-15)21-17(23)13-5-3-4-12(8-13)10-24-2/h3-9H,10H2,1-2H3,(H,19,22)(H,20,21,23). The molecule has 0 spiro atoms. The average molecular weight is 355 g/mol. The Labute approximate surface area is 148 Å². The van der Waals surface area contributed by atoms with E-state index in [0.29, 0.717) is 23.0 Å². The highest BCUT2D eigenvalue weighted by atomic mass is 32.1. The maximum atomic E-state index is 12.4. The molecule has 128 valence electrons. The number of hydrogen-bond donors (Lipinski definition) is 2. The molecule has 0 saturated carbocycles. The summed E-state index contributed by atoms with van der Waals surface area (Å²) in [4.78, 5) is 28.0. The summed E-state index contributed by atoms with van der Waals surface area (Å²) in [6.45, 7) is 1.91. The third-order valence-corrected chi connectivity index (χ3v) is 4.36. The van der Waals surface area contributed by atoms with E-state index in [1.165, 1.54) is 18.3 Å². The van der Waals surface area contributed by atoms with Crippen molar-refractivity contribution < 1.29 is 14.3 Å². The number of carbonyl (C=O) groups is 2. The quantitative estimate of drug-likeness (QED) is 0.732. The molecule has 2 N–H and O–H groups in total. The molecule has 6 nitrogen and oxygen atoms in total. The van der Waals surface area contributed by atoms with Crippen LogP contribution >= 0.6 is 11.3 Å². The Morgan fingerprint density at radius 2 is 2.00 bits per heavy atom. The Morgan fingerprint density at radius 1 is 1.16 bits per heavy atom. The molecule has 1 heterocycles. The van der Waals surface area contributed by atoms with Gasteiger partial charge in [-0.25, -0.2) is 4.98 Å². The number of carbonyl (C=O) groups excluding carboxylic acids is 2. The summed E-state index contributed by atoms with van der Waals surface area (Å²) >= 11 is 1.36. The fourth-order valence-electron chi connectivity index (χ4n) is 2.40. The van der Waals surface area contributed by atoms with E-state index in [2.05, 4.69) is 15.6 Å². The smallest absolute Gasteiger partial charge is 0.257 e. The summed E-state index contributed by atoms with van der Waals surface area (Å²) in [7, 11) is 1.61. The average Bonchev–Trinajstić information content (AvgIpc) is 2.96. The molecule has 2 amide bonds. The van der Waals surface area contributed by atoms with Gasteiger partial charge in [0, 0.05) is 25.3 Å². The van der Waals surface area contributed by atoms with E-state index in [-0.39, 0.29) is 11.8 Å². The first-order valence-electron chi connectivity index (χ1n) is 7.62. The van der Waals surface area contributed by atoms with Crippen molar-refractivity contribution in [2.75, 3.05) is 17.7 Å². The Hall–Kier alpha value is -2.77. The molecule has 3 rings (SSSR count). The molecule has 0 radical (unpaired) electrons. The van der Waals surface area contributed by atoms with Crippen LogP contribution in [-0.2, 0) is 16.1 Å². The van der Waals surface area contributed by atoms with Crippen LogP contribution in [-0.4, -0.2) is 23.9 Å². The molecule has 1 aromatic heterocycles. The monoisotopic (exact) mass is 355 g/mol. The number of amides is 2. The van der Waals surface area contributed by atoms with Crippen molar-refractivity contribution in [2.45, 2.75) is 13.5 Å². The molecule has 25 heavy (non-hydrogen) atoms. The predicted molar refractivity (Wildman–Crippen MR) is 99.0 cm³/mol.